The Bertz CT molecular complexity index is 1380. The van der Waals surface area contributed by atoms with Gasteiger partial charge >= 0.3 is 17.9 Å². The number of hydrogen-bond donors (Lipinski definition) is 0. The molecule has 488 valence electrons. The van der Waals surface area contributed by atoms with Crippen LogP contribution in [0.25, 0.3) is 0 Å². The topological polar surface area (TPSA) is 78.9 Å². The van der Waals surface area contributed by atoms with E-state index in [0.29, 0.717) is 19.3 Å². The first kappa shape index (κ1) is 80.6. The van der Waals surface area contributed by atoms with Gasteiger partial charge in [0.15, 0.2) is 6.10 Å². The molecule has 0 aromatic heterocycles. The maximum atomic E-state index is 12.9. The van der Waals surface area contributed by atoms with E-state index in [4.69, 9.17) is 14.2 Å². The fourth-order valence-electron chi connectivity index (χ4n) is 11.4. The lowest BCUT2D eigenvalue weighted by molar-refractivity contribution is -0.167. The van der Waals surface area contributed by atoms with Gasteiger partial charge in [-0.2, -0.15) is 0 Å². The molecule has 0 aromatic rings. The molecule has 0 heterocycles. The highest BCUT2D eigenvalue weighted by molar-refractivity contribution is 5.71. The van der Waals surface area contributed by atoms with Crippen molar-refractivity contribution in [1.82, 2.24) is 0 Å². The molecule has 83 heavy (non-hydrogen) atoms. The van der Waals surface area contributed by atoms with Gasteiger partial charge in [-0.05, 0) is 96.3 Å². The smallest absolute Gasteiger partial charge is 0.306 e. The zero-order valence-electron chi connectivity index (χ0n) is 56.2. The number of hydrogen-bond acceptors (Lipinski definition) is 6. The van der Waals surface area contributed by atoms with Crippen molar-refractivity contribution in [1.29, 1.82) is 0 Å². The van der Waals surface area contributed by atoms with Crippen LogP contribution in [0.5, 0.6) is 0 Å². The van der Waals surface area contributed by atoms with E-state index in [-0.39, 0.29) is 31.1 Å². The van der Waals surface area contributed by atoms with Gasteiger partial charge in [0.05, 0.1) is 0 Å². The standard InChI is InChI=1S/C77H144O6/c1-4-7-10-13-16-19-22-25-27-29-30-31-32-33-34-35-36-37-38-39-40-41-42-43-44-45-46-48-49-52-55-58-61-64-67-70-76(79)82-73-74(72-81-75(78)69-66-63-60-57-54-51-24-21-18-15-12-9-6-3)83-77(80)71-68-65-62-59-56-53-50-47-28-26-23-20-17-14-11-8-5-2/h21,24,26,28-30,74H,4-20,22-23,25,27,31-73H2,1-3H3/b24-21-,28-26-,30-29-. The van der Waals surface area contributed by atoms with E-state index in [1.807, 2.05) is 0 Å². The van der Waals surface area contributed by atoms with E-state index in [1.165, 1.54) is 315 Å². The highest BCUT2D eigenvalue weighted by atomic mass is 16.6. The van der Waals surface area contributed by atoms with Gasteiger partial charge in [-0.1, -0.05) is 340 Å². The van der Waals surface area contributed by atoms with Crippen LogP contribution >= 0.6 is 0 Å². The first-order chi connectivity index (χ1) is 41.0. The molecule has 0 aliphatic carbocycles. The normalized spacial score (nSPS) is 12.2. The summed E-state index contributed by atoms with van der Waals surface area (Å²) in [7, 11) is 0. The second-order valence-electron chi connectivity index (χ2n) is 25.6. The Labute approximate surface area is 518 Å². The van der Waals surface area contributed by atoms with Gasteiger partial charge in [0.1, 0.15) is 13.2 Å². The summed E-state index contributed by atoms with van der Waals surface area (Å²) >= 11 is 0. The highest BCUT2D eigenvalue weighted by Crippen LogP contribution is 2.19. The van der Waals surface area contributed by atoms with Crippen molar-refractivity contribution in [2.75, 3.05) is 13.2 Å². The van der Waals surface area contributed by atoms with E-state index < -0.39 is 6.10 Å². The average Bonchev–Trinajstić information content (AvgIpc) is 3.49. The van der Waals surface area contributed by atoms with Crippen LogP contribution in [0.4, 0.5) is 0 Å². The molecule has 0 N–H and O–H groups in total. The van der Waals surface area contributed by atoms with Crippen LogP contribution in [0.3, 0.4) is 0 Å². The van der Waals surface area contributed by atoms with Crippen molar-refractivity contribution in [2.45, 2.75) is 425 Å². The molecule has 0 bridgehead atoms. The van der Waals surface area contributed by atoms with E-state index in [9.17, 15) is 14.4 Å². The Kier molecular flexibility index (Phi) is 70.0. The Balaban J connectivity index is 4.07. The number of unbranched alkanes of at least 4 members (excludes halogenated alkanes) is 53. The maximum Gasteiger partial charge on any atom is 0.306 e. The molecule has 0 aliphatic heterocycles. The Morgan fingerprint density at radius 1 is 0.229 bits per heavy atom. The Morgan fingerprint density at radius 3 is 0.614 bits per heavy atom. The lowest BCUT2D eigenvalue weighted by Gasteiger charge is -2.18. The van der Waals surface area contributed by atoms with Crippen LogP contribution in [0.1, 0.15) is 419 Å². The third-order valence-corrected chi connectivity index (χ3v) is 17.1. The zero-order valence-corrected chi connectivity index (χ0v) is 56.2. The lowest BCUT2D eigenvalue weighted by atomic mass is 10.0. The van der Waals surface area contributed by atoms with Gasteiger partial charge in [-0.3, -0.25) is 14.4 Å². The molecule has 0 amide bonds. The number of carbonyl (C=O) groups excluding carboxylic acids is 3. The number of carbonyl (C=O) groups is 3. The maximum absolute atomic E-state index is 12.9. The van der Waals surface area contributed by atoms with Gasteiger partial charge in [-0.15, -0.1) is 0 Å². The van der Waals surface area contributed by atoms with Crippen LogP contribution in [-0.4, -0.2) is 37.2 Å². The first-order valence-electron chi connectivity index (χ1n) is 37.5. The molecule has 1 atom stereocenters. The Hall–Kier alpha value is -2.37. The van der Waals surface area contributed by atoms with Crippen LogP contribution in [0.15, 0.2) is 36.5 Å². The first-order valence-corrected chi connectivity index (χ1v) is 37.5. The van der Waals surface area contributed by atoms with Crippen molar-refractivity contribution >= 4 is 17.9 Å². The number of ether oxygens (including phenoxy) is 3. The summed E-state index contributed by atoms with van der Waals surface area (Å²) in [6, 6.07) is 0. The van der Waals surface area contributed by atoms with Crippen LogP contribution in [0.2, 0.25) is 0 Å². The van der Waals surface area contributed by atoms with E-state index >= 15 is 0 Å². The molecule has 6 heteroatoms. The largest absolute Gasteiger partial charge is 0.462 e. The van der Waals surface area contributed by atoms with Crippen molar-refractivity contribution in [3.63, 3.8) is 0 Å². The summed E-state index contributed by atoms with van der Waals surface area (Å²) in [5, 5.41) is 0. The highest BCUT2D eigenvalue weighted by Gasteiger charge is 2.20. The van der Waals surface area contributed by atoms with Gasteiger partial charge in [-0.25, -0.2) is 0 Å². The lowest BCUT2D eigenvalue weighted by Crippen LogP contribution is -2.30. The van der Waals surface area contributed by atoms with Crippen molar-refractivity contribution < 1.29 is 28.6 Å². The summed E-state index contributed by atoms with van der Waals surface area (Å²) in [6.07, 6.45) is 90.6. The second-order valence-corrected chi connectivity index (χ2v) is 25.6. The molecule has 0 radical (unpaired) electrons. The fraction of sp³-hybridized carbons (Fsp3) is 0.883. The molecular formula is C77H144O6. The van der Waals surface area contributed by atoms with E-state index in [0.717, 1.165) is 64.2 Å². The van der Waals surface area contributed by atoms with E-state index in [2.05, 4.69) is 57.2 Å². The van der Waals surface area contributed by atoms with Gasteiger partial charge in [0, 0.05) is 19.3 Å². The minimum absolute atomic E-state index is 0.0716. The second kappa shape index (κ2) is 72.1. The zero-order chi connectivity index (χ0) is 59.9. The van der Waals surface area contributed by atoms with Gasteiger partial charge in [0.25, 0.3) is 0 Å². The van der Waals surface area contributed by atoms with Crippen LogP contribution in [0, 0.1) is 0 Å². The average molecular weight is 1170 g/mol. The summed E-state index contributed by atoms with van der Waals surface area (Å²) < 4.78 is 17.0. The van der Waals surface area contributed by atoms with Gasteiger partial charge in [0.2, 0.25) is 0 Å². The minimum atomic E-state index is -0.776. The van der Waals surface area contributed by atoms with Gasteiger partial charge < -0.3 is 14.2 Å². The van der Waals surface area contributed by atoms with E-state index in [1.54, 1.807) is 0 Å². The molecule has 0 aliphatic rings. The third kappa shape index (κ3) is 70.3. The predicted molar refractivity (Wildman–Crippen MR) is 362 cm³/mol. The van der Waals surface area contributed by atoms with Crippen molar-refractivity contribution in [3.05, 3.63) is 36.5 Å². The van der Waals surface area contributed by atoms with Crippen LogP contribution < -0.4 is 0 Å². The summed E-state index contributed by atoms with van der Waals surface area (Å²) in [5.74, 6) is -0.858. The number of rotatable bonds is 70. The Morgan fingerprint density at radius 2 is 0.398 bits per heavy atom. The summed E-state index contributed by atoms with van der Waals surface area (Å²) in [6.45, 7) is 6.68. The number of esters is 3. The molecular weight excluding hydrogens is 1020 g/mol. The molecule has 0 spiro atoms. The SMILES string of the molecule is CCCCCC/C=C\CCCCCCCC(=O)OCC(COC(=O)CCCCCCCCCCCCCCCCCCCCCCCCC/C=C\CCCCCCCCCC)OC(=O)CCCCCCCCC/C=C\CCCCCCCC. The molecule has 0 fully saturated rings. The summed E-state index contributed by atoms with van der Waals surface area (Å²) in [5.41, 5.74) is 0. The number of allylic oxidation sites excluding steroid dienone is 6. The molecule has 0 saturated heterocycles. The molecule has 0 rings (SSSR count). The van der Waals surface area contributed by atoms with Crippen LogP contribution in [-0.2, 0) is 28.6 Å². The van der Waals surface area contributed by atoms with Crippen molar-refractivity contribution in [2.24, 2.45) is 0 Å². The third-order valence-electron chi connectivity index (χ3n) is 17.1. The van der Waals surface area contributed by atoms with Crippen molar-refractivity contribution in [3.8, 4) is 0 Å². The monoisotopic (exact) mass is 1170 g/mol. The molecule has 0 aromatic carbocycles. The summed E-state index contributed by atoms with van der Waals surface area (Å²) in [4.78, 5) is 38.4. The molecule has 1 unspecified atom stereocenters. The predicted octanol–water partition coefficient (Wildman–Crippen LogP) is 25.9. The fourth-order valence-corrected chi connectivity index (χ4v) is 11.4. The molecule has 6 nitrogen and oxygen atoms in total. The minimum Gasteiger partial charge on any atom is -0.462 e. The molecule has 0 saturated carbocycles. The quantitative estimate of drug-likeness (QED) is 0.0261.